The van der Waals surface area contributed by atoms with Crippen LogP contribution in [-0.2, 0) is 6.42 Å². The molecule has 0 radical (unpaired) electrons. The first kappa shape index (κ1) is 13.6. The first-order valence-electron chi connectivity index (χ1n) is 6.63. The van der Waals surface area contributed by atoms with Crippen molar-refractivity contribution in [2.24, 2.45) is 0 Å². The number of nitrogens with one attached hydrogen (secondary N) is 1. The van der Waals surface area contributed by atoms with Gasteiger partial charge in [-0.1, -0.05) is 30.3 Å². The van der Waals surface area contributed by atoms with Crippen molar-refractivity contribution < 1.29 is 4.39 Å². The van der Waals surface area contributed by atoms with E-state index in [0.29, 0.717) is 6.42 Å². The Kier molecular flexibility index (Phi) is 4.20. The topological polar surface area (TPSA) is 12.0 Å². The van der Waals surface area contributed by atoms with Gasteiger partial charge in [-0.2, -0.15) is 0 Å². The van der Waals surface area contributed by atoms with Crippen LogP contribution in [0.5, 0.6) is 0 Å². The summed E-state index contributed by atoms with van der Waals surface area (Å²) in [4.78, 5) is 0. The van der Waals surface area contributed by atoms with Gasteiger partial charge in [-0.3, -0.25) is 0 Å². The largest absolute Gasteiger partial charge is 0.382 e. The lowest BCUT2D eigenvalue weighted by Crippen LogP contribution is -2.19. The van der Waals surface area contributed by atoms with Crippen molar-refractivity contribution in [1.29, 1.82) is 0 Å². The summed E-state index contributed by atoms with van der Waals surface area (Å²) in [6.07, 6.45) is 0.681. The molecule has 2 aromatic carbocycles. The lowest BCUT2D eigenvalue weighted by atomic mass is 10.0. The summed E-state index contributed by atoms with van der Waals surface area (Å²) in [5.74, 6) is -0.128. The molecular weight excluding hydrogens is 237 g/mol. The molecule has 0 aliphatic rings. The van der Waals surface area contributed by atoms with Crippen LogP contribution in [0.4, 0.5) is 10.1 Å². The molecule has 1 unspecified atom stereocenters. The number of rotatable bonds is 4. The number of aryl methyl sites for hydroxylation is 2. The van der Waals surface area contributed by atoms with Crippen molar-refractivity contribution in [2.45, 2.75) is 33.2 Å². The molecule has 2 aromatic rings. The van der Waals surface area contributed by atoms with Crippen LogP contribution in [0.1, 0.15) is 23.6 Å². The molecule has 0 aromatic heterocycles. The Morgan fingerprint density at radius 3 is 2.58 bits per heavy atom. The summed E-state index contributed by atoms with van der Waals surface area (Å²) >= 11 is 0. The number of hydrogen-bond acceptors (Lipinski definition) is 1. The molecule has 1 atom stereocenters. The van der Waals surface area contributed by atoms with Gasteiger partial charge >= 0.3 is 0 Å². The maximum Gasteiger partial charge on any atom is 0.126 e. The number of benzene rings is 2. The Morgan fingerprint density at radius 2 is 1.84 bits per heavy atom. The van der Waals surface area contributed by atoms with Gasteiger partial charge in [-0.15, -0.1) is 0 Å². The van der Waals surface area contributed by atoms with E-state index in [4.69, 9.17) is 0 Å². The third kappa shape index (κ3) is 3.57. The fourth-order valence-corrected chi connectivity index (χ4v) is 2.20. The fraction of sp³-hybridized carbons (Fsp3) is 0.294. The van der Waals surface area contributed by atoms with Crippen LogP contribution in [0.2, 0.25) is 0 Å². The van der Waals surface area contributed by atoms with Crippen LogP contribution in [0.25, 0.3) is 0 Å². The second-order valence-corrected chi connectivity index (χ2v) is 5.16. The minimum absolute atomic E-state index is 0.128. The predicted molar refractivity (Wildman–Crippen MR) is 79.1 cm³/mol. The van der Waals surface area contributed by atoms with E-state index in [1.165, 1.54) is 17.2 Å². The molecule has 2 heteroatoms. The van der Waals surface area contributed by atoms with Crippen molar-refractivity contribution in [1.82, 2.24) is 0 Å². The molecule has 0 saturated heterocycles. The summed E-state index contributed by atoms with van der Waals surface area (Å²) in [6.45, 7) is 6.23. The molecule has 0 aliphatic carbocycles. The molecule has 0 saturated carbocycles. The molecule has 0 amide bonds. The van der Waals surface area contributed by atoms with E-state index < -0.39 is 0 Å². The van der Waals surface area contributed by atoms with Gasteiger partial charge in [0.25, 0.3) is 0 Å². The van der Waals surface area contributed by atoms with Gasteiger partial charge in [0.05, 0.1) is 0 Å². The highest BCUT2D eigenvalue weighted by Crippen LogP contribution is 2.19. The van der Waals surface area contributed by atoms with Gasteiger partial charge in [0.1, 0.15) is 5.82 Å². The summed E-state index contributed by atoms with van der Waals surface area (Å²) in [6, 6.07) is 13.5. The van der Waals surface area contributed by atoms with E-state index in [0.717, 1.165) is 11.3 Å². The summed E-state index contributed by atoms with van der Waals surface area (Å²) in [5, 5.41) is 3.46. The monoisotopic (exact) mass is 257 g/mol. The normalized spacial score (nSPS) is 12.2. The first-order chi connectivity index (χ1) is 9.06. The zero-order chi connectivity index (χ0) is 13.8. The highest BCUT2D eigenvalue weighted by atomic mass is 19.1. The average Bonchev–Trinajstić information content (AvgIpc) is 2.37. The average molecular weight is 257 g/mol. The highest BCUT2D eigenvalue weighted by molar-refractivity contribution is 5.53. The fourth-order valence-electron chi connectivity index (χ4n) is 2.20. The van der Waals surface area contributed by atoms with Crippen LogP contribution in [0.3, 0.4) is 0 Å². The van der Waals surface area contributed by atoms with Crippen molar-refractivity contribution in [3.8, 4) is 0 Å². The maximum absolute atomic E-state index is 13.6. The quantitative estimate of drug-likeness (QED) is 0.851. The molecule has 19 heavy (non-hydrogen) atoms. The molecule has 0 fully saturated rings. The van der Waals surface area contributed by atoms with E-state index in [1.807, 2.05) is 12.1 Å². The van der Waals surface area contributed by atoms with Crippen molar-refractivity contribution in [2.75, 3.05) is 5.32 Å². The molecule has 0 spiro atoms. The summed E-state index contributed by atoms with van der Waals surface area (Å²) in [5.41, 5.74) is 4.33. The van der Waals surface area contributed by atoms with E-state index in [2.05, 4.69) is 44.3 Å². The molecule has 1 nitrogen and oxygen atoms in total. The molecule has 1 N–H and O–H groups in total. The molecule has 0 heterocycles. The SMILES string of the molecule is Cc1ccc(C)c(NC(C)Cc2ccccc2F)c1. The highest BCUT2D eigenvalue weighted by Gasteiger charge is 2.08. The van der Waals surface area contributed by atoms with E-state index >= 15 is 0 Å². The minimum Gasteiger partial charge on any atom is -0.382 e. The second kappa shape index (κ2) is 5.87. The smallest absolute Gasteiger partial charge is 0.126 e. The molecular formula is C17H20FN. The van der Waals surface area contributed by atoms with Crippen LogP contribution in [0, 0.1) is 19.7 Å². The zero-order valence-corrected chi connectivity index (χ0v) is 11.7. The minimum atomic E-state index is -0.128. The van der Waals surface area contributed by atoms with E-state index in [-0.39, 0.29) is 11.9 Å². The molecule has 0 bridgehead atoms. The number of anilines is 1. The Hall–Kier alpha value is -1.83. The van der Waals surface area contributed by atoms with Gasteiger partial charge < -0.3 is 5.32 Å². The van der Waals surface area contributed by atoms with Crippen LogP contribution in [0.15, 0.2) is 42.5 Å². The van der Waals surface area contributed by atoms with Gasteiger partial charge in [0.15, 0.2) is 0 Å². The second-order valence-electron chi connectivity index (χ2n) is 5.16. The van der Waals surface area contributed by atoms with Crippen molar-refractivity contribution in [3.63, 3.8) is 0 Å². The summed E-state index contributed by atoms with van der Waals surface area (Å²) in [7, 11) is 0. The Bertz CT molecular complexity index is 563. The predicted octanol–water partition coefficient (Wildman–Crippen LogP) is 4.49. The van der Waals surface area contributed by atoms with Crippen LogP contribution in [-0.4, -0.2) is 6.04 Å². The van der Waals surface area contributed by atoms with Gasteiger partial charge in [-0.25, -0.2) is 4.39 Å². The van der Waals surface area contributed by atoms with E-state index in [1.54, 1.807) is 6.07 Å². The Balaban J connectivity index is 2.07. The number of hydrogen-bond donors (Lipinski definition) is 1. The van der Waals surface area contributed by atoms with Gasteiger partial charge in [-0.05, 0) is 56.0 Å². The van der Waals surface area contributed by atoms with Crippen molar-refractivity contribution in [3.05, 3.63) is 65.0 Å². The first-order valence-corrected chi connectivity index (χ1v) is 6.63. The zero-order valence-electron chi connectivity index (χ0n) is 11.7. The lowest BCUT2D eigenvalue weighted by molar-refractivity contribution is 0.601. The Labute approximate surface area is 114 Å². The lowest BCUT2D eigenvalue weighted by Gasteiger charge is -2.18. The number of halogens is 1. The Morgan fingerprint density at radius 1 is 1.11 bits per heavy atom. The summed E-state index contributed by atoms with van der Waals surface area (Å²) < 4.78 is 13.6. The molecule has 2 rings (SSSR count). The van der Waals surface area contributed by atoms with Crippen molar-refractivity contribution >= 4 is 5.69 Å². The molecule has 100 valence electrons. The van der Waals surface area contributed by atoms with Gasteiger partial charge in [0.2, 0.25) is 0 Å². The van der Waals surface area contributed by atoms with E-state index in [9.17, 15) is 4.39 Å². The third-order valence-corrected chi connectivity index (χ3v) is 3.28. The van der Waals surface area contributed by atoms with Crippen LogP contribution >= 0.6 is 0 Å². The van der Waals surface area contributed by atoms with Gasteiger partial charge in [0, 0.05) is 11.7 Å². The maximum atomic E-state index is 13.6. The molecule has 0 aliphatic heterocycles. The van der Waals surface area contributed by atoms with Crippen LogP contribution < -0.4 is 5.32 Å². The standard InChI is InChI=1S/C17H20FN/c1-12-8-9-13(2)17(10-12)19-14(3)11-15-6-4-5-7-16(15)18/h4-10,14,19H,11H2,1-3H3. The third-order valence-electron chi connectivity index (χ3n) is 3.28.